The molecule has 1 aliphatic rings. The number of thiazole rings is 1. The van der Waals surface area contributed by atoms with Gasteiger partial charge < -0.3 is 4.74 Å². The van der Waals surface area contributed by atoms with Crippen LogP contribution in [0.1, 0.15) is 43.4 Å². The summed E-state index contributed by atoms with van der Waals surface area (Å²) in [5.41, 5.74) is 6.76. The van der Waals surface area contributed by atoms with E-state index in [-0.39, 0.29) is 6.10 Å². The number of benzene rings is 2. The van der Waals surface area contributed by atoms with E-state index in [2.05, 4.69) is 57.2 Å². The van der Waals surface area contributed by atoms with Crippen LogP contribution in [-0.4, -0.2) is 11.1 Å². The number of rotatable bonds is 4. The molecule has 0 saturated heterocycles. The first kappa shape index (κ1) is 17.3. The number of nitrogens with zero attached hydrogens (tertiary/aromatic N) is 1. The highest BCUT2D eigenvalue weighted by atomic mass is 32.1. The van der Waals surface area contributed by atoms with Gasteiger partial charge in [-0.3, -0.25) is 0 Å². The van der Waals surface area contributed by atoms with Gasteiger partial charge in [-0.1, -0.05) is 18.2 Å². The van der Waals surface area contributed by atoms with Crippen LogP contribution in [0, 0.1) is 6.92 Å². The van der Waals surface area contributed by atoms with E-state index < -0.39 is 0 Å². The number of hydrogen-bond acceptors (Lipinski definition) is 3. The van der Waals surface area contributed by atoms with E-state index >= 15 is 0 Å². The maximum atomic E-state index is 5.86. The van der Waals surface area contributed by atoms with Gasteiger partial charge in [0.2, 0.25) is 0 Å². The third-order valence-corrected chi connectivity index (χ3v) is 6.03. The van der Waals surface area contributed by atoms with Crippen molar-refractivity contribution in [2.75, 3.05) is 0 Å². The summed E-state index contributed by atoms with van der Waals surface area (Å²) >= 11 is 1.79. The Labute approximate surface area is 159 Å². The SMILES string of the molecule is Cc1cc(-c2ncc(-c3cccc4c3CCCC4)s2)ccc1OC(C)C. The smallest absolute Gasteiger partial charge is 0.123 e. The van der Waals surface area contributed by atoms with Crippen LogP contribution in [0.5, 0.6) is 5.75 Å². The Hall–Kier alpha value is -2.13. The lowest BCUT2D eigenvalue weighted by molar-refractivity contribution is 0.241. The van der Waals surface area contributed by atoms with Gasteiger partial charge in [0.15, 0.2) is 0 Å². The number of aryl methyl sites for hydroxylation is 2. The summed E-state index contributed by atoms with van der Waals surface area (Å²) < 4.78 is 5.86. The van der Waals surface area contributed by atoms with Gasteiger partial charge in [0, 0.05) is 11.8 Å². The Kier molecular flexibility index (Phi) is 4.82. The molecular formula is C23H25NOS. The van der Waals surface area contributed by atoms with Gasteiger partial charge in [0.1, 0.15) is 10.8 Å². The second kappa shape index (κ2) is 7.24. The van der Waals surface area contributed by atoms with Crippen LogP contribution in [0.3, 0.4) is 0 Å². The third kappa shape index (κ3) is 3.41. The molecule has 4 rings (SSSR count). The molecule has 1 aromatic heterocycles. The van der Waals surface area contributed by atoms with Crippen molar-refractivity contribution in [2.45, 2.75) is 52.6 Å². The standard InChI is InChI=1S/C23H25NOS/c1-15(2)25-21-12-11-18(13-16(21)3)23-24-14-22(26-23)20-10-6-8-17-7-4-5-9-19(17)20/h6,8,10-15H,4-5,7,9H2,1-3H3. The molecule has 2 aromatic carbocycles. The first-order valence-electron chi connectivity index (χ1n) is 9.46. The van der Waals surface area contributed by atoms with Crippen molar-refractivity contribution in [1.29, 1.82) is 0 Å². The Bertz CT molecular complexity index is 926. The first-order chi connectivity index (χ1) is 12.6. The minimum absolute atomic E-state index is 0.190. The quantitative estimate of drug-likeness (QED) is 0.531. The summed E-state index contributed by atoms with van der Waals surface area (Å²) in [5.74, 6) is 0.956. The van der Waals surface area contributed by atoms with Crippen LogP contribution in [0.15, 0.2) is 42.6 Å². The second-order valence-electron chi connectivity index (χ2n) is 7.33. The van der Waals surface area contributed by atoms with E-state index in [0.29, 0.717) is 0 Å². The molecule has 0 radical (unpaired) electrons. The fourth-order valence-electron chi connectivity index (χ4n) is 3.71. The van der Waals surface area contributed by atoms with Gasteiger partial charge in [0.25, 0.3) is 0 Å². The van der Waals surface area contributed by atoms with Crippen molar-refractivity contribution in [3.63, 3.8) is 0 Å². The van der Waals surface area contributed by atoms with E-state index in [0.717, 1.165) is 16.3 Å². The molecule has 0 spiro atoms. The Morgan fingerprint density at radius 2 is 1.92 bits per heavy atom. The van der Waals surface area contributed by atoms with Crippen LogP contribution in [0.2, 0.25) is 0 Å². The van der Waals surface area contributed by atoms with E-state index in [9.17, 15) is 0 Å². The maximum absolute atomic E-state index is 5.86. The summed E-state index contributed by atoms with van der Waals surface area (Å²) in [6.45, 7) is 6.21. The van der Waals surface area contributed by atoms with Crippen molar-refractivity contribution in [3.05, 3.63) is 59.3 Å². The molecule has 0 saturated carbocycles. The molecule has 0 atom stereocenters. The van der Waals surface area contributed by atoms with E-state index in [1.165, 1.54) is 52.8 Å². The molecular weight excluding hydrogens is 338 g/mol. The second-order valence-corrected chi connectivity index (χ2v) is 8.36. The van der Waals surface area contributed by atoms with Crippen LogP contribution in [-0.2, 0) is 12.8 Å². The maximum Gasteiger partial charge on any atom is 0.123 e. The molecule has 0 amide bonds. The highest BCUT2D eigenvalue weighted by molar-refractivity contribution is 7.18. The van der Waals surface area contributed by atoms with Crippen LogP contribution in [0.4, 0.5) is 0 Å². The van der Waals surface area contributed by atoms with Crippen molar-refractivity contribution >= 4 is 11.3 Å². The minimum atomic E-state index is 0.190. The number of aromatic nitrogens is 1. The van der Waals surface area contributed by atoms with Crippen LogP contribution < -0.4 is 4.74 Å². The molecule has 0 unspecified atom stereocenters. The zero-order chi connectivity index (χ0) is 18.1. The molecule has 1 heterocycles. The van der Waals surface area contributed by atoms with Gasteiger partial charge in [-0.2, -0.15) is 0 Å². The number of ether oxygens (including phenoxy) is 1. The van der Waals surface area contributed by atoms with Crippen molar-refractivity contribution in [1.82, 2.24) is 4.98 Å². The zero-order valence-corrected chi connectivity index (χ0v) is 16.5. The predicted octanol–water partition coefficient (Wildman–Crippen LogP) is 6.45. The fraction of sp³-hybridized carbons (Fsp3) is 0.348. The van der Waals surface area contributed by atoms with Gasteiger partial charge in [-0.25, -0.2) is 4.98 Å². The molecule has 0 fully saturated rings. The lowest BCUT2D eigenvalue weighted by Crippen LogP contribution is -2.06. The molecule has 134 valence electrons. The molecule has 0 bridgehead atoms. The van der Waals surface area contributed by atoms with Gasteiger partial charge in [-0.15, -0.1) is 11.3 Å². The van der Waals surface area contributed by atoms with E-state index in [4.69, 9.17) is 9.72 Å². The Morgan fingerprint density at radius 1 is 1.08 bits per heavy atom. The average Bonchev–Trinajstić information content (AvgIpc) is 3.12. The third-order valence-electron chi connectivity index (χ3n) is 4.95. The average molecular weight is 364 g/mol. The lowest BCUT2D eigenvalue weighted by Gasteiger charge is -2.18. The van der Waals surface area contributed by atoms with Crippen LogP contribution in [0.25, 0.3) is 21.0 Å². The summed E-state index contributed by atoms with van der Waals surface area (Å²) in [4.78, 5) is 6.00. The largest absolute Gasteiger partial charge is 0.491 e. The number of fused-ring (bicyclic) bond motifs is 1. The van der Waals surface area contributed by atoms with Gasteiger partial charge in [-0.05, 0) is 86.9 Å². The topological polar surface area (TPSA) is 22.1 Å². The highest BCUT2D eigenvalue weighted by Crippen LogP contribution is 2.38. The fourth-order valence-corrected chi connectivity index (χ4v) is 4.68. The summed E-state index contributed by atoms with van der Waals surface area (Å²) in [7, 11) is 0. The minimum Gasteiger partial charge on any atom is -0.491 e. The van der Waals surface area contributed by atoms with Gasteiger partial charge >= 0.3 is 0 Å². The summed E-state index contributed by atoms with van der Waals surface area (Å²) in [6.07, 6.45) is 7.25. The number of hydrogen-bond donors (Lipinski definition) is 0. The normalized spacial score (nSPS) is 13.7. The van der Waals surface area contributed by atoms with Crippen molar-refractivity contribution in [3.8, 4) is 26.8 Å². The molecule has 3 aromatic rings. The Morgan fingerprint density at radius 3 is 2.73 bits per heavy atom. The van der Waals surface area contributed by atoms with Gasteiger partial charge in [0.05, 0.1) is 11.0 Å². The monoisotopic (exact) mass is 363 g/mol. The summed E-state index contributed by atoms with van der Waals surface area (Å²) in [5, 5.41) is 1.08. The molecule has 0 N–H and O–H groups in total. The van der Waals surface area contributed by atoms with E-state index in [1.54, 1.807) is 11.3 Å². The molecule has 3 heteroatoms. The zero-order valence-electron chi connectivity index (χ0n) is 15.7. The molecule has 26 heavy (non-hydrogen) atoms. The molecule has 2 nitrogen and oxygen atoms in total. The molecule has 0 aliphatic heterocycles. The highest BCUT2D eigenvalue weighted by Gasteiger charge is 2.16. The van der Waals surface area contributed by atoms with E-state index in [1.807, 2.05) is 6.20 Å². The van der Waals surface area contributed by atoms with Crippen LogP contribution >= 0.6 is 11.3 Å². The van der Waals surface area contributed by atoms with Crippen molar-refractivity contribution in [2.24, 2.45) is 0 Å². The van der Waals surface area contributed by atoms with Crippen molar-refractivity contribution < 1.29 is 4.74 Å². The lowest BCUT2D eigenvalue weighted by atomic mass is 9.88. The summed E-state index contributed by atoms with van der Waals surface area (Å²) in [6, 6.07) is 13.1. The molecule has 1 aliphatic carbocycles. The Balaban J connectivity index is 1.66. The first-order valence-corrected chi connectivity index (χ1v) is 10.3. The predicted molar refractivity (Wildman–Crippen MR) is 110 cm³/mol.